The van der Waals surface area contributed by atoms with Crippen LogP contribution in [0.5, 0.6) is 0 Å². The van der Waals surface area contributed by atoms with Crippen LogP contribution in [0.4, 0.5) is 5.69 Å². The summed E-state index contributed by atoms with van der Waals surface area (Å²) in [5, 5.41) is 9.45. The minimum absolute atomic E-state index is 0.0251. The highest BCUT2D eigenvalue weighted by atomic mass is 35.5. The zero-order valence-electron chi connectivity index (χ0n) is 9.47. The second-order valence-electron chi connectivity index (χ2n) is 4.08. The summed E-state index contributed by atoms with van der Waals surface area (Å²) in [5.41, 5.74) is 0.503. The molecule has 0 bridgehead atoms. The van der Waals surface area contributed by atoms with Crippen molar-refractivity contribution in [3.8, 4) is 0 Å². The Balaban J connectivity index is 2.37. The van der Waals surface area contributed by atoms with Gasteiger partial charge >= 0.3 is 5.97 Å². The molecule has 0 aromatic heterocycles. The van der Waals surface area contributed by atoms with E-state index in [-0.39, 0.29) is 30.2 Å². The van der Waals surface area contributed by atoms with Gasteiger partial charge in [-0.3, -0.25) is 0 Å². The topological polar surface area (TPSA) is 74.7 Å². The van der Waals surface area contributed by atoms with Crippen LogP contribution in [0.15, 0.2) is 18.2 Å². The summed E-state index contributed by atoms with van der Waals surface area (Å²) in [4.78, 5) is 12.9. The van der Waals surface area contributed by atoms with Crippen LogP contribution < -0.4 is 4.90 Å². The molecule has 98 valence electrons. The molecular weight excluding hydrogens is 278 g/mol. The minimum atomic E-state index is -3.00. The van der Waals surface area contributed by atoms with Gasteiger partial charge in [0.05, 0.1) is 27.8 Å². The van der Waals surface area contributed by atoms with E-state index in [1.807, 2.05) is 0 Å². The summed E-state index contributed by atoms with van der Waals surface area (Å²) in [7, 11) is -3.00. The average Bonchev–Trinajstić information content (AvgIpc) is 2.29. The molecule has 1 saturated heterocycles. The molecule has 1 aliphatic heterocycles. The molecular formula is C11H12ClNO4S. The highest BCUT2D eigenvalue weighted by Gasteiger charge is 2.26. The molecule has 1 aromatic carbocycles. The van der Waals surface area contributed by atoms with Gasteiger partial charge in [-0.1, -0.05) is 17.7 Å². The standard InChI is InChI=1S/C11H12ClNO4S/c12-9-3-1-2-8(11(14)15)10(9)13-4-6-18(16,17)7-5-13/h1-3H,4-7H2,(H,14,15). The van der Waals surface area contributed by atoms with Crippen LogP contribution in [0.2, 0.25) is 5.02 Å². The quantitative estimate of drug-likeness (QED) is 0.887. The van der Waals surface area contributed by atoms with E-state index in [9.17, 15) is 13.2 Å². The number of anilines is 1. The van der Waals surface area contributed by atoms with Crippen LogP contribution in [0, 0.1) is 0 Å². The van der Waals surface area contributed by atoms with Crippen LogP contribution in [-0.2, 0) is 9.84 Å². The fraction of sp³-hybridized carbons (Fsp3) is 0.364. The third kappa shape index (κ3) is 2.59. The molecule has 0 aliphatic carbocycles. The maximum atomic E-state index is 11.4. The fourth-order valence-corrected chi connectivity index (χ4v) is 3.44. The lowest BCUT2D eigenvalue weighted by Crippen LogP contribution is -2.41. The molecule has 2 rings (SSSR count). The van der Waals surface area contributed by atoms with Gasteiger partial charge < -0.3 is 10.0 Å². The number of hydrogen-bond donors (Lipinski definition) is 1. The van der Waals surface area contributed by atoms with Gasteiger partial charge in [-0.05, 0) is 12.1 Å². The first kappa shape index (κ1) is 13.2. The van der Waals surface area contributed by atoms with Crippen molar-refractivity contribution in [2.75, 3.05) is 29.5 Å². The maximum absolute atomic E-state index is 11.4. The van der Waals surface area contributed by atoms with Crippen LogP contribution in [-0.4, -0.2) is 44.1 Å². The zero-order chi connectivity index (χ0) is 13.3. The number of sulfone groups is 1. The molecule has 0 saturated carbocycles. The number of benzene rings is 1. The highest BCUT2D eigenvalue weighted by Crippen LogP contribution is 2.31. The fourth-order valence-electron chi connectivity index (χ4n) is 1.95. The van der Waals surface area contributed by atoms with Crippen molar-refractivity contribution >= 4 is 33.1 Å². The number of aromatic carboxylic acids is 1. The van der Waals surface area contributed by atoms with E-state index in [0.717, 1.165) is 0 Å². The summed E-state index contributed by atoms with van der Waals surface area (Å²) >= 11 is 6.02. The molecule has 1 N–H and O–H groups in total. The Morgan fingerprint density at radius 2 is 1.89 bits per heavy atom. The van der Waals surface area contributed by atoms with Crippen molar-refractivity contribution in [3.63, 3.8) is 0 Å². The molecule has 1 aromatic rings. The lowest BCUT2D eigenvalue weighted by molar-refractivity contribution is 0.0697. The largest absolute Gasteiger partial charge is 0.478 e. The summed E-state index contributed by atoms with van der Waals surface area (Å²) < 4.78 is 22.7. The lowest BCUT2D eigenvalue weighted by atomic mass is 10.1. The van der Waals surface area contributed by atoms with E-state index in [2.05, 4.69) is 0 Å². The Morgan fingerprint density at radius 3 is 2.44 bits per heavy atom. The molecule has 0 radical (unpaired) electrons. The highest BCUT2D eigenvalue weighted by molar-refractivity contribution is 7.91. The van der Waals surface area contributed by atoms with Gasteiger partial charge in [0.15, 0.2) is 9.84 Å². The predicted octanol–water partition coefficient (Wildman–Crippen LogP) is 1.27. The van der Waals surface area contributed by atoms with E-state index in [0.29, 0.717) is 10.7 Å². The van der Waals surface area contributed by atoms with Crippen LogP contribution in [0.1, 0.15) is 10.4 Å². The van der Waals surface area contributed by atoms with Crippen molar-refractivity contribution < 1.29 is 18.3 Å². The Hall–Kier alpha value is -1.27. The third-order valence-corrected chi connectivity index (χ3v) is 4.79. The Bertz CT molecular complexity index is 571. The SMILES string of the molecule is O=C(O)c1cccc(Cl)c1N1CCS(=O)(=O)CC1. The van der Waals surface area contributed by atoms with E-state index in [4.69, 9.17) is 16.7 Å². The average molecular weight is 290 g/mol. The molecule has 7 heteroatoms. The van der Waals surface area contributed by atoms with Gasteiger partial charge in [-0.2, -0.15) is 0 Å². The Kier molecular flexibility index (Phi) is 3.49. The van der Waals surface area contributed by atoms with Gasteiger partial charge in [0, 0.05) is 13.1 Å². The normalized spacial score (nSPS) is 18.6. The summed E-state index contributed by atoms with van der Waals surface area (Å²) in [6, 6.07) is 4.63. The number of carboxylic acid groups (broad SMARTS) is 1. The third-order valence-electron chi connectivity index (χ3n) is 2.88. The predicted molar refractivity (Wildman–Crippen MR) is 69.3 cm³/mol. The number of nitrogens with zero attached hydrogens (tertiary/aromatic N) is 1. The second kappa shape index (κ2) is 4.78. The van der Waals surface area contributed by atoms with Gasteiger partial charge in [0.2, 0.25) is 0 Å². The molecule has 5 nitrogen and oxygen atoms in total. The molecule has 0 amide bonds. The number of rotatable bonds is 2. The summed E-state index contributed by atoms with van der Waals surface area (Å²) in [6.45, 7) is 0.540. The van der Waals surface area contributed by atoms with E-state index in [1.165, 1.54) is 6.07 Å². The number of para-hydroxylation sites is 1. The summed E-state index contributed by atoms with van der Waals surface area (Å²) in [6.07, 6.45) is 0. The van der Waals surface area contributed by atoms with Gasteiger partial charge in [-0.15, -0.1) is 0 Å². The molecule has 0 atom stereocenters. The molecule has 1 heterocycles. The summed E-state index contributed by atoms with van der Waals surface area (Å²) in [5.74, 6) is -1.02. The molecule has 1 aliphatic rings. The van der Waals surface area contributed by atoms with Crippen LogP contribution >= 0.6 is 11.6 Å². The van der Waals surface area contributed by atoms with Gasteiger partial charge in [-0.25, -0.2) is 13.2 Å². The van der Waals surface area contributed by atoms with E-state index in [1.54, 1.807) is 17.0 Å². The lowest BCUT2D eigenvalue weighted by Gasteiger charge is -2.30. The van der Waals surface area contributed by atoms with E-state index >= 15 is 0 Å². The maximum Gasteiger partial charge on any atom is 0.337 e. The first-order valence-electron chi connectivity index (χ1n) is 5.38. The minimum Gasteiger partial charge on any atom is -0.478 e. The van der Waals surface area contributed by atoms with Crippen molar-refractivity contribution in [1.29, 1.82) is 0 Å². The Labute approximate surface area is 110 Å². The number of hydrogen-bond acceptors (Lipinski definition) is 4. The van der Waals surface area contributed by atoms with Crippen molar-refractivity contribution in [2.24, 2.45) is 0 Å². The molecule has 0 spiro atoms. The van der Waals surface area contributed by atoms with Crippen LogP contribution in [0.3, 0.4) is 0 Å². The van der Waals surface area contributed by atoms with Gasteiger partial charge in [0.25, 0.3) is 0 Å². The number of carbonyl (C=O) groups is 1. The van der Waals surface area contributed by atoms with E-state index < -0.39 is 15.8 Å². The molecule has 0 unspecified atom stereocenters. The second-order valence-corrected chi connectivity index (χ2v) is 6.79. The molecule has 1 fully saturated rings. The zero-order valence-corrected chi connectivity index (χ0v) is 11.0. The number of halogens is 1. The van der Waals surface area contributed by atoms with Crippen molar-refractivity contribution in [2.45, 2.75) is 0 Å². The van der Waals surface area contributed by atoms with Gasteiger partial charge in [0.1, 0.15) is 0 Å². The Morgan fingerprint density at radius 1 is 1.28 bits per heavy atom. The number of carboxylic acids is 1. The first-order valence-corrected chi connectivity index (χ1v) is 7.58. The van der Waals surface area contributed by atoms with Crippen molar-refractivity contribution in [1.82, 2.24) is 0 Å². The monoisotopic (exact) mass is 289 g/mol. The molecule has 18 heavy (non-hydrogen) atoms. The van der Waals surface area contributed by atoms with Crippen molar-refractivity contribution in [3.05, 3.63) is 28.8 Å². The smallest absolute Gasteiger partial charge is 0.337 e. The van der Waals surface area contributed by atoms with Crippen LogP contribution in [0.25, 0.3) is 0 Å². The first-order chi connectivity index (χ1) is 8.41.